The predicted molar refractivity (Wildman–Crippen MR) is 43.6 cm³/mol. The van der Waals surface area contributed by atoms with Crippen molar-refractivity contribution < 1.29 is 0 Å². The van der Waals surface area contributed by atoms with Crippen molar-refractivity contribution in [3.63, 3.8) is 0 Å². The average molecular weight is 156 g/mol. The van der Waals surface area contributed by atoms with Gasteiger partial charge in [-0.05, 0) is 0 Å². The summed E-state index contributed by atoms with van der Waals surface area (Å²) in [5.74, 6) is 0.359. The highest BCUT2D eigenvalue weighted by atomic mass is 15.6. The Kier molecular flexibility index (Phi) is 2.06. The fourth-order valence-corrected chi connectivity index (χ4v) is 0.727. The summed E-state index contributed by atoms with van der Waals surface area (Å²) in [6.07, 6.45) is 0.999. The van der Waals surface area contributed by atoms with Crippen molar-refractivity contribution in [3.05, 3.63) is 0 Å². The zero-order chi connectivity index (χ0) is 8.43. The first-order valence-electron chi connectivity index (χ1n) is 3.20. The lowest BCUT2D eigenvalue weighted by molar-refractivity contribution is 0.197. The van der Waals surface area contributed by atoms with Crippen LogP contribution >= 0.6 is 0 Å². The van der Waals surface area contributed by atoms with Crippen molar-refractivity contribution in [1.29, 1.82) is 0 Å². The Morgan fingerprint density at radius 1 is 1.64 bits per heavy atom. The molecule has 0 aliphatic carbocycles. The highest BCUT2D eigenvalue weighted by Crippen LogP contribution is 1.96. The van der Waals surface area contributed by atoms with Gasteiger partial charge in [-0.2, -0.15) is 0 Å². The standard InChI is InChI=1S/C5H12N6/c1-10(2)11-3-8-4(6)9-5(11)7/h3-4H,6H2,1-2H3,(H2,7,9). The molecule has 1 heterocycles. The summed E-state index contributed by atoms with van der Waals surface area (Å²) in [7, 11) is 3.68. The predicted octanol–water partition coefficient (Wildman–Crippen LogP) is -1.64. The monoisotopic (exact) mass is 156 g/mol. The first-order chi connectivity index (χ1) is 5.11. The summed E-state index contributed by atoms with van der Waals surface area (Å²) in [4.78, 5) is 7.70. The number of hydrazine groups is 1. The van der Waals surface area contributed by atoms with Gasteiger partial charge >= 0.3 is 0 Å². The summed E-state index contributed by atoms with van der Waals surface area (Å²) in [5.41, 5.74) is 10.9. The largest absolute Gasteiger partial charge is 0.368 e. The maximum Gasteiger partial charge on any atom is 0.215 e. The summed E-state index contributed by atoms with van der Waals surface area (Å²) in [6.45, 7) is 0. The summed E-state index contributed by atoms with van der Waals surface area (Å²) in [6, 6.07) is 0. The Hall–Kier alpha value is -1.14. The van der Waals surface area contributed by atoms with Gasteiger partial charge < -0.3 is 5.73 Å². The second-order valence-corrected chi connectivity index (χ2v) is 2.36. The minimum absolute atomic E-state index is 0.359. The van der Waals surface area contributed by atoms with Crippen molar-refractivity contribution in [3.8, 4) is 0 Å². The maximum absolute atomic E-state index is 5.53. The van der Waals surface area contributed by atoms with Crippen LogP contribution in [0.25, 0.3) is 0 Å². The van der Waals surface area contributed by atoms with Gasteiger partial charge in [0.05, 0.1) is 0 Å². The van der Waals surface area contributed by atoms with Crippen LogP contribution in [0, 0.1) is 0 Å². The molecule has 1 unspecified atom stereocenters. The normalized spacial score (nSPS) is 24.2. The Morgan fingerprint density at radius 3 is 2.73 bits per heavy atom. The number of rotatable bonds is 1. The van der Waals surface area contributed by atoms with Gasteiger partial charge in [-0.25, -0.2) is 20.0 Å². The van der Waals surface area contributed by atoms with Crippen LogP contribution in [-0.2, 0) is 0 Å². The zero-order valence-corrected chi connectivity index (χ0v) is 6.60. The molecular formula is C5H12N6. The fourth-order valence-electron chi connectivity index (χ4n) is 0.727. The number of aliphatic imine (C=N–C) groups is 2. The average Bonchev–Trinajstić information content (AvgIpc) is 1.85. The number of hydrogen-bond donors (Lipinski definition) is 2. The molecule has 62 valence electrons. The van der Waals surface area contributed by atoms with Crippen LogP contribution in [0.2, 0.25) is 0 Å². The van der Waals surface area contributed by atoms with Crippen molar-refractivity contribution >= 4 is 12.3 Å². The fraction of sp³-hybridized carbons (Fsp3) is 0.600. The number of guanidine groups is 1. The zero-order valence-electron chi connectivity index (χ0n) is 6.60. The van der Waals surface area contributed by atoms with Gasteiger partial charge in [-0.15, -0.1) is 0 Å². The molecule has 0 radical (unpaired) electrons. The SMILES string of the molecule is CN(C)N1C=NC(N)N=C1N. The third-order valence-electron chi connectivity index (χ3n) is 1.26. The topological polar surface area (TPSA) is 83.2 Å². The molecule has 0 saturated heterocycles. The van der Waals surface area contributed by atoms with Gasteiger partial charge in [-0.3, -0.25) is 5.73 Å². The molecule has 0 spiro atoms. The van der Waals surface area contributed by atoms with Crippen LogP contribution in [0.15, 0.2) is 9.98 Å². The number of nitrogens with zero attached hydrogens (tertiary/aromatic N) is 4. The minimum Gasteiger partial charge on any atom is -0.368 e. The quantitative estimate of drug-likeness (QED) is 0.477. The molecule has 0 aromatic rings. The van der Waals surface area contributed by atoms with Gasteiger partial charge in [0.2, 0.25) is 5.96 Å². The molecule has 1 aliphatic rings. The summed E-state index contributed by atoms with van der Waals surface area (Å²) >= 11 is 0. The molecule has 1 rings (SSSR count). The molecule has 0 aromatic carbocycles. The molecule has 0 aromatic heterocycles. The minimum atomic E-state index is -0.550. The molecule has 0 fully saturated rings. The van der Waals surface area contributed by atoms with Crippen molar-refractivity contribution in [2.45, 2.75) is 6.29 Å². The molecule has 6 nitrogen and oxygen atoms in total. The van der Waals surface area contributed by atoms with Gasteiger partial charge in [-0.1, -0.05) is 0 Å². The van der Waals surface area contributed by atoms with E-state index in [1.54, 1.807) is 16.4 Å². The second-order valence-electron chi connectivity index (χ2n) is 2.36. The van der Waals surface area contributed by atoms with Gasteiger partial charge in [0, 0.05) is 14.1 Å². The summed E-state index contributed by atoms with van der Waals surface area (Å²) in [5, 5.41) is 3.36. The van der Waals surface area contributed by atoms with E-state index in [-0.39, 0.29) is 0 Å². The molecule has 0 bridgehead atoms. The van der Waals surface area contributed by atoms with E-state index in [4.69, 9.17) is 11.5 Å². The van der Waals surface area contributed by atoms with Crippen molar-refractivity contribution in [1.82, 2.24) is 10.0 Å². The van der Waals surface area contributed by atoms with Gasteiger partial charge in [0.15, 0.2) is 6.29 Å². The second kappa shape index (κ2) is 2.85. The van der Waals surface area contributed by atoms with E-state index in [2.05, 4.69) is 9.98 Å². The lowest BCUT2D eigenvalue weighted by Crippen LogP contribution is -2.48. The first-order valence-corrected chi connectivity index (χ1v) is 3.20. The van der Waals surface area contributed by atoms with Crippen LogP contribution in [0.1, 0.15) is 0 Å². The molecule has 11 heavy (non-hydrogen) atoms. The molecular weight excluding hydrogens is 144 g/mol. The molecule has 0 amide bonds. The molecule has 0 saturated carbocycles. The third-order valence-corrected chi connectivity index (χ3v) is 1.26. The number of nitrogens with two attached hydrogens (primary N) is 2. The van der Waals surface area contributed by atoms with Crippen LogP contribution < -0.4 is 11.5 Å². The molecule has 6 heteroatoms. The lowest BCUT2D eigenvalue weighted by atomic mass is 10.7. The Labute approximate surface area is 65.2 Å². The van der Waals surface area contributed by atoms with E-state index < -0.39 is 6.29 Å². The highest BCUT2D eigenvalue weighted by molar-refractivity contribution is 5.89. The van der Waals surface area contributed by atoms with Crippen LogP contribution in [0.5, 0.6) is 0 Å². The van der Waals surface area contributed by atoms with Crippen LogP contribution in [0.4, 0.5) is 0 Å². The third kappa shape index (κ3) is 1.66. The highest BCUT2D eigenvalue weighted by Gasteiger charge is 2.13. The lowest BCUT2D eigenvalue weighted by Gasteiger charge is -2.27. The van der Waals surface area contributed by atoms with E-state index in [9.17, 15) is 0 Å². The van der Waals surface area contributed by atoms with E-state index in [0.717, 1.165) is 0 Å². The van der Waals surface area contributed by atoms with Gasteiger partial charge in [0.1, 0.15) is 6.34 Å². The van der Waals surface area contributed by atoms with Gasteiger partial charge in [0.25, 0.3) is 0 Å². The molecule has 1 atom stereocenters. The summed E-state index contributed by atoms with van der Waals surface area (Å²) < 4.78 is 0. The van der Waals surface area contributed by atoms with E-state index in [0.29, 0.717) is 5.96 Å². The van der Waals surface area contributed by atoms with E-state index in [1.165, 1.54) is 0 Å². The van der Waals surface area contributed by atoms with Crippen molar-refractivity contribution in [2.24, 2.45) is 21.5 Å². The maximum atomic E-state index is 5.53. The van der Waals surface area contributed by atoms with Crippen LogP contribution in [0.3, 0.4) is 0 Å². The molecule has 4 N–H and O–H groups in total. The van der Waals surface area contributed by atoms with Crippen LogP contribution in [-0.4, -0.2) is 42.7 Å². The Bertz CT molecular complexity index is 195. The Balaban J connectivity index is 2.72. The Morgan fingerprint density at radius 2 is 2.27 bits per heavy atom. The van der Waals surface area contributed by atoms with E-state index in [1.807, 2.05) is 14.1 Å². The smallest absolute Gasteiger partial charge is 0.215 e. The number of hydrogen-bond acceptors (Lipinski definition) is 6. The first kappa shape index (κ1) is 7.96. The van der Waals surface area contributed by atoms with Crippen molar-refractivity contribution in [2.75, 3.05) is 14.1 Å². The molecule has 1 aliphatic heterocycles. The van der Waals surface area contributed by atoms with E-state index >= 15 is 0 Å².